The van der Waals surface area contributed by atoms with Gasteiger partial charge < -0.3 is 20.1 Å². The van der Waals surface area contributed by atoms with Crippen LogP contribution in [-0.4, -0.2) is 32.1 Å². The van der Waals surface area contributed by atoms with Gasteiger partial charge in [0.2, 0.25) is 5.91 Å². The van der Waals surface area contributed by atoms with Crippen LogP contribution in [0, 0.1) is 0 Å². The fraction of sp³-hybridized carbons (Fsp3) is 0.273. The van der Waals surface area contributed by atoms with Crippen LogP contribution in [0.2, 0.25) is 0 Å². The van der Waals surface area contributed by atoms with Crippen molar-refractivity contribution >= 4 is 23.6 Å². The van der Waals surface area contributed by atoms with Crippen LogP contribution in [0.4, 0.5) is 5.69 Å². The van der Waals surface area contributed by atoms with Crippen LogP contribution < -0.4 is 20.1 Å². The second-order valence-corrected chi connectivity index (χ2v) is 6.79. The molecular weight excluding hydrogens is 356 g/mol. The van der Waals surface area contributed by atoms with Crippen molar-refractivity contribution in [2.24, 2.45) is 5.73 Å². The monoisotopic (exact) mass is 380 g/mol. The first kappa shape index (κ1) is 19.5. The number of amides is 2. The van der Waals surface area contributed by atoms with E-state index >= 15 is 0 Å². The summed E-state index contributed by atoms with van der Waals surface area (Å²) in [6, 6.07) is 12.7. The first-order valence-electron chi connectivity index (χ1n) is 9.07. The number of nitrogens with zero attached hydrogens (tertiary/aromatic N) is 1. The van der Waals surface area contributed by atoms with Gasteiger partial charge in [-0.25, -0.2) is 0 Å². The quantitative estimate of drug-likeness (QED) is 0.808. The third-order valence-electron chi connectivity index (χ3n) is 4.96. The maximum absolute atomic E-state index is 13.0. The van der Waals surface area contributed by atoms with Crippen molar-refractivity contribution < 1.29 is 19.1 Å². The first-order valence-corrected chi connectivity index (χ1v) is 9.07. The molecule has 0 fully saturated rings. The maximum Gasteiger partial charge on any atom is 0.251 e. The number of fused-ring (bicyclic) bond motifs is 1. The zero-order valence-corrected chi connectivity index (χ0v) is 16.2. The molecule has 1 heterocycles. The number of carbonyl (C=O) groups is 2. The largest absolute Gasteiger partial charge is 0.497 e. The van der Waals surface area contributed by atoms with E-state index in [9.17, 15) is 9.59 Å². The van der Waals surface area contributed by atoms with Gasteiger partial charge in [-0.1, -0.05) is 18.2 Å². The van der Waals surface area contributed by atoms with Crippen molar-refractivity contribution in [3.63, 3.8) is 0 Å². The number of primary amides is 1. The van der Waals surface area contributed by atoms with Crippen molar-refractivity contribution in [1.82, 2.24) is 0 Å². The molecule has 0 aromatic heterocycles. The zero-order valence-electron chi connectivity index (χ0n) is 16.2. The van der Waals surface area contributed by atoms with Gasteiger partial charge in [0, 0.05) is 23.9 Å². The minimum atomic E-state index is -0.387. The van der Waals surface area contributed by atoms with Crippen molar-refractivity contribution in [3.8, 4) is 11.5 Å². The fourth-order valence-corrected chi connectivity index (χ4v) is 3.59. The normalized spacial score (nSPS) is 18.6. The third kappa shape index (κ3) is 3.86. The minimum absolute atomic E-state index is 0.149. The molecule has 0 saturated heterocycles. The number of carbonyl (C=O) groups excluding carboxylic acids is 2. The second kappa shape index (κ2) is 8.17. The van der Waals surface area contributed by atoms with Gasteiger partial charge in [-0.05, 0) is 48.7 Å². The predicted octanol–water partition coefficient (Wildman–Crippen LogP) is 3.11. The molecule has 3 rings (SSSR count). The zero-order chi connectivity index (χ0) is 20.3. The number of anilines is 1. The molecule has 2 atom stereocenters. The molecule has 146 valence electrons. The van der Waals surface area contributed by atoms with Crippen molar-refractivity contribution in [1.29, 1.82) is 0 Å². The van der Waals surface area contributed by atoms with Crippen LogP contribution in [0.25, 0.3) is 6.08 Å². The van der Waals surface area contributed by atoms with Gasteiger partial charge in [0.05, 0.1) is 20.1 Å². The average molecular weight is 380 g/mol. The maximum atomic E-state index is 13.0. The summed E-state index contributed by atoms with van der Waals surface area (Å²) < 4.78 is 10.5. The van der Waals surface area contributed by atoms with Crippen LogP contribution in [0.5, 0.6) is 11.5 Å². The molecule has 2 N–H and O–H groups in total. The Hall–Kier alpha value is -3.28. The number of hydrogen-bond acceptors (Lipinski definition) is 4. The minimum Gasteiger partial charge on any atom is -0.497 e. The van der Waals surface area contributed by atoms with Crippen LogP contribution in [0.15, 0.2) is 48.5 Å². The summed E-state index contributed by atoms with van der Waals surface area (Å²) in [5.41, 5.74) is 7.88. The van der Waals surface area contributed by atoms with E-state index in [2.05, 4.69) is 0 Å². The Morgan fingerprint density at radius 3 is 2.36 bits per heavy atom. The highest BCUT2D eigenvalue weighted by atomic mass is 16.5. The summed E-state index contributed by atoms with van der Waals surface area (Å²) in [6.07, 6.45) is 3.74. The van der Waals surface area contributed by atoms with Crippen molar-refractivity contribution in [2.75, 3.05) is 19.1 Å². The van der Waals surface area contributed by atoms with E-state index in [1.807, 2.05) is 43.3 Å². The summed E-state index contributed by atoms with van der Waals surface area (Å²) >= 11 is 0. The predicted molar refractivity (Wildman–Crippen MR) is 109 cm³/mol. The highest BCUT2D eigenvalue weighted by Crippen LogP contribution is 2.38. The van der Waals surface area contributed by atoms with E-state index in [0.717, 1.165) is 16.8 Å². The van der Waals surface area contributed by atoms with Crippen molar-refractivity contribution in [3.05, 3.63) is 59.7 Å². The Morgan fingerprint density at radius 1 is 1.11 bits per heavy atom. The topological polar surface area (TPSA) is 81.9 Å². The van der Waals surface area contributed by atoms with Gasteiger partial charge in [0.1, 0.15) is 11.5 Å². The molecule has 6 heteroatoms. The van der Waals surface area contributed by atoms with Gasteiger partial charge >= 0.3 is 0 Å². The van der Waals surface area contributed by atoms with Gasteiger partial charge in [0.15, 0.2) is 0 Å². The molecule has 0 aliphatic carbocycles. The third-order valence-corrected chi connectivity index (χ3v) is 4.96. The van der Waals surface area contributed by atoms with E-state index < -0.39 is 0 Å². The molecule has 0 unspecified atom stereocenters. The van der Waals surface area contributed by atoms with Gasteiger partial charge in [-0.2, -0.15) is 0 Å². The lowest BCUT2D eigenvalue weighted by Gasteiger charge is -2.37. The summed E-state index contributed by atoms with van der Waals surface area (Å²) in [5.74, 6) is 0.372. The molecule has 2 aromatic carbocycles. The lowest BCUT2D eigenvalue weighted by atomic mass is 9.85. The fourth-order valence-electron chi connectivity index (χ4n) is 3.59. The highest BCUT2D eigenvalue weighted by molar-refractivity contribution is 6.06. The van der Waals surface area contributed by atoms with E-state index in [1.165, 1.54) is 6.08 Å². The van der Waals surface area contributed by atoms with Crippen LogP contribution in [0.1, 0.15) is 30.4 Å². The van der Waals surface area contributed by atoms with E-state index in [1.54, 1.807) is 31.3 Å². The Kier molecular flexibility index (Phi) is 5.68. The summed E-state index contributed by atoms with van der Waals surface area (Å²) in [5, 5.41) is 0. The van der Waals surface area contributed by atoms with Crippen LogP contribution in [0.3, 0.4) is 0 Å². The Bertz CT molecular complexity index is 900. The molecule has 28 heavy (non-hydrogen) atoms. The van der Waals surface area contributed by atoms with Crippen LogP contribution in [-0.2, 0) is 9.59 Å². The number of hydrogen-bond donors (Lipinski definition) is 1. The van der Waals surface area contributed by atoms with Crippen molar-refractivity contribution in [2.45, 2.75) is 25.3 Å². The molecule has 6 nitrogen and oxygen atoms in total. The molecule has 1 aliphatic rings. The van der Waals surface area contributed by atoms with E-state index in [-0.39, 0.29) is 23.8 Å². The number of benzene rings is 2. The lowest BCUT2D eigenvalue weighted by Crippen LogP contribution is -2.44. The number of nitrogens with two attached hydrogens (primary N) is 1. The smallest absolute Gasteiger partial charge is 0.251 e. The molecule has 1 aliphatic heterocycles. The summed E-state index contributed by atoms with van der Waals surface area (Å²) in [4.78, 5) is 26.6. The van der Waals surface area contributed by atoms with Gasteiger partial charge in [0.25, 0.3) is 5.91 Å². The standard InChI is InChI=1S/C22H24N2O4/c1-14-10-19(22(23)26)18-6-4-5-7-20(18)24(14)21(25)9-8-15-11-16(27-2)13-17(12-15)28-3/h4-9,11-14,19H,10H2,1-3H3,(H2,23,26)/b9-8+/t14-,19-/m1/s1. The molecule has 0 radical (unpaired) electrons. The first-order chi connectivity index (χ1) is 13.4. The summed E-state index contributed by atoms with van der Waals surface area (Å²) in [6.45, 7) is 1.92. The van der Waals surface area contributed by atoms with E-state index in [0.29, 0.717) is 17.9 Å². The van der Waals surface area contributed by atoms with Crippen LogP contribution >= 0.6 is 0 Å². The molecule has 0 bridgehead atoms. The van der Waals surface area contributed by atoms with Gasteiger partial charge in [-0.15, -0.1) is 0 Å². The SMILES string of the molecule is COc1cc(/C=C/C(=O)N2c3ccccc3[C@H](C(N)=O)C[C@H]2C)cc(OC)c1. The second-order valence-electron chi connectivity index (χ2n) is 6.79. The number of methoxy groups -OCH3 is 2. The highest BCUT2D eigenvalue weighted by Gasteiger charge is 2.35. The molecular formula is C22H24N2O4. The number of para-hydroxylation sites is 1. The molecule has 0 saturated carbocycles. The molecule has 0 spiro atoms. The molecule has 2 aromatic rings. The lowest BCUT2D eigenvalue weighted by molar-refractivity contribution is -0.120. The number of ether oxygens (including phenoxy) is 2. The Morgan fingerprint density at radius 2 is 1.75 bits per heavy atom. The average Bonchev–Trinajstić information content (AvgIpc) is 2.70. The summed E-state index contributed by atoms with van der Waals surface area (Å²) in [7, 11) is 3.16. The van der Waals surface area contributed by atoms with Gasteiger partial charge in [-0.3, -0.25) is 9.59 Å². The Balaban J connectivity index is 1.91. The molecule has 2 amide bonds. The number of rotatable bonds is 5. The Labute approximate surface area is 164 Å². The van der Waals surface area contributed by atoms with E-state index in [4.69, 9.17) is 15.2 Å².